The van der Waals surface area contributed by atoms with Crippen LogP contribution in [-0.2, 0) is 0 Å². The van der Waals surface area contributed by atoms with E-state index in [4.69, 9.17) is 10.00 Å². The first kappa shape index (κ1) is 17.5. The number of nitriles is 1. The molecule has 1 atom stereocenters. The zero-order valence-electron chi connectivity index (χ0n) is 14.1. The van der Waals surface area contributed by atoms with Crippen LogP contribution < -0.4 is 10.1 Å². The Morgan fingerprint density at radius 3 is 3.09 bits per heavy atom. The minimum atomic E-state index is -0.415. The first-order valence-corrected chi connectivity index (χ1v) is 8.50. The van der Waals surface area contributed by atoms with Crippen molar-refractivity contribution in [3.8, 4) is 11.8 Å². The Kier molecular flexibility index (Phi) is 6.64. The van der Waals surface area contributed by atoms with E-state index in [1.807, 2.05) is 24.3 Å². The lowest BCUT2D eigenvalue weighted by Crippen LogP contribution is -2.64. The average Bonchev–Trinajstić information content (AvgIpc) is 2.57. The van der Waals surface area contributed by atoms with E-state index in [2.05, 4.69) is 29.8 Å². The van der Waals surface area contributed by atoms with Gasteiger partial charge in [-0.2, -0.15) is 5.26 Å². The monoisotopic (exact) mass is 313 g/mol. The number of unbranched alkanes of at least 4 members (excludes halogenated alkanes) is 2. The van der Waals surface area contributed by atoms with Gasteiger partial charge in [0.15, 0.2) is 5.72 Å². The van der Waals surface area contributed by atoms with Crippen molar-refractivity contribution in [2.75, 3.05) is 26.2 Å². The Morgan fingerprint density at radius 2 is 2.35 bits per heavy atom. The quantitative estimate of drug-likeness (QED) is 0.591. The number of hydrogen-bond acceptors (Lipinski definition) is 4. The summed E-state index contributed by atoms with van der Waals surface area (Å²) in [4.78, 5) is 2.43. The molecule has 2 rings (SSSR count). The molecule has 0 saturated carbocycles. The predicted molar refractivity (Wildman–Crippen MR) is 93.3 cm³/mol. The molecule has 0 amide bonds. The molecular formula is C19H27N3O. The molecule has 1 saturated heterocycles. The van der Waals surface area contributed by atoms with Crippen LogP contribution in [0.25, 0.3) is 0 Å². The molecule has 0 aliphatic carbocycles. The van der Waals surface area contributed by atoms with E-state index in [1.165, 1.54) is 19.3 Å². The number of ether oxygens (including phenoxy) is 1. The lowest BCUT2D eigenvalue weighted by atomic mass is 10.0. The van der Waals surface area contributed by atoms with Crippen LogP contribution in [0.1, 0.15) is 38.2 Å². The Morgan fingerprint density at radius 1 is 1.48 bits per heavy atom. The standard InChI is InChI=1S/C19H27N3O/c1-3-5-6-12-22-13-11-21-16-19(22,10-4-2)23-18-9-7-8-17(14-18)15-20/h4,7-9,14,21H,2-3,5-6,10-13,16H2,1H3. The highest BCUT2D eigenvalue weighted by atomic mass is 16.5. The fraction of sp³-hybridized carbons (Fsp3) is 0.526. The van der Waals surface area contributed by atoms with Crippen molar-refractivity contribution < 1.29 is 4.74 Å². The molecule has 1 aliphatic rings. The van der Waals surface area contributed by atoms with Crippen molar-refractivity contribution in [2.45, 2.75) is 38.3 Å². The Labute approximate surface area is 139 Å². The van der Waals surface area contributed by atoms with Gasteiger partial charge in [0.2, 0.25) is 0 Å². The number of nitrogens with zero attached hydrogens (tertiary/aromatic N) is 2. The van der Waals surface area contributed by atoms with E-state index in [0.29, 0.717) is 5.56 Å². The minimum absolute atomic E-state index is 0.415. The number of nitrogens with one attached hydrogen (secondary N) is 1. The number of piperazine rings is 1. The molecule has 4 nitrogen and oxygen atoms in total. The van der Waals surface area contributed by atoms with Crippen LogP contribution in [0.3, 0.4) is 0 Å². The zero-order valence-corrected chi connectivity index (χ0v) is 14.1. The van der Waals surface area contributed by atoms with Gasteiger partial charge in [-0.15, -0.1) is 6.58 Å². The molecule has 1 aromatic rings. The second kappa shape index (κ2) is 8.71. The van der Waals surface area contributed by atoms with Gasteiger partial charge in [-0.25, -0.2) is 0 Å². The highest BCUT2D eigenvalue weighted by Gasteiger charge is 2.39. The van der Waals surface area contributed by atoms with Gasteiger partial charge in [-0.3, -0.25) is 4.90 Å². The smallest absolute Gasteiger partial charge is 0.179 e. The second-order valence-electron chi connectivity index (χ2n) is 6.05. The number of benzene rings is 1. The third-order valence-corrected chi connectivity index (χ3v) is 4.30. The molecule has 1 N–H and O–H groups in total. The van der Waals surface area contributed by atoms with Crippen LogP contribution >= 0.6 is 0 Å². The molecule has 1 aromatic carbocycles. The topological polar surface area (TPSA) is 48.3 Å². The summed E-state index contributed by atoms with van der Waals surface area (Å²) in [6.45, 7) is 9.88. The Bertz CT molecular complexity index is 552. The summed E-state index contributed by atoms with van der Waals surface area (Å²) >= 11 is 0. The average molecular weight is 313 g/mol. The first-order valence-electron chi connectivity index (χ1n) is 8.50. The van der Waals surface area contributed by atoms with Crippen molar-refractivity contribution in [1.29, 1.82) is 5.26 Å². The summed E-state index contributed by atoms with van der Waals surface area (Å²) in [5, 5.41) is 12.5. The lowest BCUT2D eigenvalue weighted by molar-refractivity contribution is -0.0973. The van der Waals surface area contributed by atoms with Crippen LogP contribution in [-0.4, -0.2) is 36.8 Å². The van der Waals surface area contributed by atoms with Crippen LogP contribution in [0.4, 0.5) is 0 Å². The van der Waals surface area contributed by atoms with Gasteiger partial charge in [0.05, 0.1) is 18.2 Å². The molecular weight excluding hydrogens is 286 g/mol. The number of hydrogen-bond donors (Lipinski definition) is 1. The van der Waals surface area contributed by atoms with Crippen molar-refractivity contribution in [3.05, 3.63) is 42.5 Å². The molecule has 0 bridgehead atoms. The van der Waals surface area contributed by atoms with E-state index < -0.39 is 5.72 Å². The minimum Gasteiger partial charge on any atom is -0.471 e. The molecule has 1 fully saturated rings. The van der Waals surface area contributed by atoms with Gasteiger partial charge in [-0.05, 0) is 24.6 Å². The zero-order chi connectivity index (χ0) is 16.5. The van der Waals surface area contributed by atoms with Crippen LogP contribution in [0, 0.1) is 11.3 Å². The normalized spacial score (nSPS) is 21.6. The van der Waals surface area contributed by atoms with Crippen LogP contribution in [0.15, 0.2) is 36.9 Å². The third kappa shape index (κ3) is 4.57. The number of rotatable bonds is 8. The van der Waals surface area contributed by atoms with Crippen molar-refractivity contribution in [3.63, 3.8) is 0 Å². The van der Waals surface area contributed by atoms with Crippen molar-refractivity contribution in [1.82, 2.24) is 10.2 Å². The second-order valence-corrected chi connectivity index (χ2v) is 6.05. The van der Waals surface area contributed by atoms with Gasteiger partial charge in [0, 0.05) is 26.1 Å². The van der Waals surface area contributed by atoms with Crippen molar-refractivity contribution >= 4 is 0 Å². The highest BCUT2D eigenvalue weighted by Crippen LogP contribution is 2.28. The van der Waals surface area contributed by atoms with Gasteiger partial charge >= 0.3 is 0 Å². The maximum Gasteiger partial charge on any atom is 0.179 e. The summed E-state index contributed by atoms with van der Waals surface area (Å²) in [6.07, 6.45) is 6.30. The highest BCUT2D eigenvalue weighted by molar-refractivity contribution is 5.36. The molecule has 4 heteroatoms. The van der Waals surface area contributed by atoms with Crippen LogP contribution in [0.2, 0.25) is 0 Å². The maximum absolute atomic E-state index is 9.09. The molecule has 23 heavy (non-hydrogen) atoms. The van der Waals surface area contributed by atoms with E-state index in [-0.39, 0.29) is 0 Å². The molecule has 1 aliphatic heterocycles. The predicted octanol–water partition coefficient (Wildman–Crippen LogP) is 3.30. The fourth-order valence-corrected chi connectivity index (χ4v) is 3.10. The Hall–Kier alpha value is -1.83. The summed E-state index contributed by atoms with van der Waals surface area (Å²) < 4.78 is 6.41. The van der Waals surface area contributed by atoms with E-state index in [0.717, 1.165) is 38.3 Å². The SMILES string of the molecule is C=CCC1(Oc2cccc(C#N)c2)CNCCN1CCCCC. The summed E-state index contributed by atoms with van der Waals surface area (Å²) in [5.74, 6) is 0.745. The lowest BCUT2D eigenvalue weighted by Gasteiger charge is -2.47. The maximum atomic E-state index is 9.09. The van der Waals surface area contributed by atoms with E-state index in [9.17, 15) is 0 Å². The molecule has 1 heterocycles. The van der Waals surface area contributed by atoms with Crippen molar-refractivity contribution in [2.24, 2.45) is 0 Å². The van der Waals surface area contributed by atoms with Gasteiger partial charge < -0.3 is 10.1 Å². The van der Waals surface area contributed by atoms with E-state index >= 15 is 0 Å². The summed E-state index contributed by atoms with van der Waals surface area (Å²) in [6, 6.07) is 9.57. The third-order valence-electron chi connectivity index (χ3n) is 4.30. The Balaban J connectivity index is 2.20. The molecule has 0 spiro atoms. The van der Waals surface area contributed by atoms with Gasteiger partial charge in [-0.1, -0.05) is 31.9 Å². The summed E-state index contributed by atoms with van der Waals surface area (Å²) in [7, 11) is 0. The molecule has 0 aromatic heterocycles. The van der Waals surface area contributed by atoms with Crippen LogP contribution in [0.5, 0.6) is 5.75 Å². The van der Waals surface area contributed by atoms with Gasteiger partial charge in [0.25, 0.3) is 0 Å². The molecule has 124 valence electrons. The molecule has 0 radical (unpaired) electrons. The molecule has 1 unspecified atom stereocenters. The largest absolute Gasteiger partial charge is 0.471 e. The fourth-order valence-electron chi connectivity index (χ4n) is 3.10. The van der Waals surface area contributed by atoms with Gasteiger partial charge in [0.1, 0.15) is 5.75 Å². The van der Waals surface area contributed by atoms with E-state index in [1.54, 1.807) is 6.07 Å². The first-order chi connectivity index (χ1) is 11.2. The summed E-state index contributed by atoms with van der Waals surface area (Å²) in [5.41, 5.74) is 0.208.